The molecule has 2 fully saturated rings. The Labute approximate surface area is 129 Å². The van der Waals surface area contributed by atoms with E-state index in [0.717, 1.165) is 0 Å². The van der Waals surface area contributed by atoms with Crippen molar-refractivity contribution in [2.75, 3.05) is 13.2 Å². The molecule has 4 atom stereocenters. The average Bonchev–Trinajstić information content (AvgIpc) is 2.78. The van der Waals surface area contributed by atoms with Gasteiger partial charge in [0.1, 0.15) is 23.9 Å². The van der Waals surface area contributed by atoms with Gasteiger partial charge in [0.25, 0.3) is 11.9 Å². The molecule has 1 N–H and O–H groups in total. The van der Waals surface area contributed by atoms with Gasteiger partial charge in [-0.2, -0.15) is 4.99 Å². The number of nitrogens with zero attached hydrogens (tertiary/aromatic N) is 2. The molecule has 3 heterocycles. The summed E-state index contributed by atoms with van der Waals surface area (Å²) in [4.78, 5) is 30.9. The van der Waals surface area contributed by atoms with Crippen LogP contribution in [0.15, 0.2) is 4.99 Å². The molecule has 2 saturated heterocycles. The summed E-state index contributed by atoms with van der Waals surface area (Å²) in [5, 5.41) is 9.31. The summed E-state index contributed by atoms with van der Waals surface area (Å²) < 4.78 is 11.4. The molecule has 0 saturated carbocycles. The van der Waals surface area contributed by atoms with Gasteiger partial charge in [-0.15, -0.1) is 0 Å². The normalized spacial score (nSPS) is 37.5. The molecule has 0 radical (unpaired) electrons. The Balaban J connectivity index is 1.92. The van der Waals surface area contributed by atoms with E-state index < -0.39 is 22.8 Å². The van der Waals surface area contributed by atoms with Crippen LogP contribution < -0.4 is 0 Å². The fraction of sp³-hybridized carbons (Fsp3) is 0.800. The predicted octanol–water partition coefficient (Wildman–Crippen LogP) is 0.312. The number of amides is 1. The molecule has 3 rings (SSSR count). The van der Waals surface area contributed by atoms with Gasteiger partial charge in [-0.05, 0) is 6.92 Å². The quantitative estimate of drug-likeness (QED) is 0.739. The third-order valence-electron chi connectivity index (χ3n) is 4.55. The predicted molar refractivity (Wildman–Crippen MR) is 77.0 cm³/mol. The number of Topliss-reactive ketones (excluding diaryl/α,β-unsaturated/α-hetero) is 1. The first kappa shape index (κ1) is 15.4. The molecule has 0 aromatic rings. The highest BCUT2D eigenvalue weighted by atomic mass is 16.6. The minimum Gasteiger partial charge on any atom is -0.458 e. The lowest BCUT2D eigenvalue weighted by atomic mass is 9.72. The summed E-state index contributed by atoms with van der Waals surface area (Å²) in [7, 11) is 0. The number of aliphatic imine (C=N–C) groups is 1. The van der Waals surface area contributed by atoms with Crippen LogP contribution in [0.1, 0.15) is 34.1 Å². The molecule has 0 aromatic heterocycles. The van der Waals surface area contributed by atoms with E-state index in [1.165, 1.54) is 0 Å². The van der Waals surface area contributed by atoms with Crippen molar-refractivity contribution in [1.82, 2.24) is 4.90 Å². The zero-order valence-corrected chi connectivity index (χ0v) is 13.3. The summed E-state index contributed by atoms with van der Waals surface area (Å²) >= 11 is 0. The Bertz CT molecular complexity index is 553. The first-order valence-electron chi connectivity index (χ1n) is 7.54. The molecular formula is C15H22N2O5. The maximum atomic E-state index is 12.7. The minimum atomic E-state index is -1.21. The molecular weight excluding hydrogens is 288 g/mol. The smallest absolute Gasteiger partial charge is 0.297 e. The zero-order valence-electron chi connectivity index (χ0n) is 13.3. The van der Waals surface area contributed by atoms with Crippen LogP contribution in [0, 0.1) is 10.8 Å². The van der Waals surface area contributed by atoms with Crippen molar-refractivity contribution >= 4 is 17.7 Å². The number of aliphatic hydroxyl groups is 1. The van der Waals surface area contributed by atoms with E-state index in [2.05, 4.69) is 4.99 Å². The van der Waals surface area contributed by atoms with Crippen molar-refractivity contribution in [3.05, 3.63) is 0 Å². The molecule has 2 bridgehead atoms. The molecule has 0 aromatic carbocycles. The van der Waals surface area contributed by atoms with Gasteiger partial charge in [0.15, 0.2) is 5.78 Å². The van der Waals surface area contributed by atoms with E-state index in [-0.39, 0.29) is 37.3 Å². The summed E-state index contributed by atoms with van der Waals surface area (Å²) in [5.74, 6) is -0.618. The largest absolute Gasteiger partial charge is 0.458 e. The number of ether oxygens (including phenoxy) is 2. The molecule has 3 aliphatic heterocycles. The lowest BCUT2D eigenvalue weighted by Gasteiger charge is -2.43. The Kier molecular flexibility index (Phi) is 3.34. The number of carbonyl (C=O) groups is 2. The van der Waals surface area contributed by atoms with Crippen LogP contribution in [0.2, 0.25) is 0 Å². The molecule has 4 unspecified atom stereocenters. The summed E-state index contributed by atoms with van der Waals surface area (Å²) in [6.07, 6.45) is -0.425. The number of aliphatic hydroxyl groups excluding tert-OH is 1. The van der Waals surface area contributed by atoms with E-state index >= 15 is 0 Å². The van der Waals surface area contributed by atoms with Crippen LogP contribution in [-0.2, 0) is 19.1 Å². The topological polar surface area (TPSA) is 88.4 Å². The van der Waals surface area contributed by atoms with Gasteiger partial charge in [-0.3, -0.25) is 14.5 Å². The molecule has 0 aliphatic carbocycles. The number of fused-ring (bicyclic) bond motifs is 4. The van der Waals surface area contributed by atoms with Gasteiger partial charge >= 0.3 is 0 Å². The highest BCUT2D eigenvalue weighted by Gasteiger charge is 2.55. The van der Waals surface area contributed by atoms with Gasteiger partial charge in [0, 0.05) is 18.4 Å². The summed E-state index contributed by atoms with van der Waals surface area (Å²) in [5.41, 5.74) is -1.85. The Morgan fingerprint density at radius 1 is 1.50 bits per heavy atom. The van der Waals surface area contributed by atoms with Crippen molar-refractivity contribution in [3.8, 4) is 0 Å². The monoisotopic (exact) mass is 310 g/mol. The lowest BCUT2D eigenvalue weighted by molar-refractivity contribution is -0.148. The first-order chi connectivity index (χ1) is 10.2. The van der Waals surface area contributed by atoms with Gasteiger partial charge in [0.05, 0.1) is 6.61 Å². The summed E-state index contributed by atoms with van der Waals surface area (Å²) in [6, 6.07) is 0.210. The van der Waals surface area contributed by atoms with Crippen molar-refractivity contribution in [2.45, 2.75) is 52.6 Å². The second-order valence-electron chi connectivity index (χ2n) is 7.44. The third-order valence-corrected chi connectivity index (χ3v) is 4.55. The fourth-order valence-corrected chi connectivity index (χ4v) is 3.38. The van der Waals surface area contributed by atoms with Crippen molar-refractivity contribution in [1.29, 1.82) is 0 Å². The zero-order chi connectivity index (χ0) is 16.3. The van der Waals surface area contributed by atoms with E-state index in [1.807, 2.05) is 0 Å². The first-order valence-corrected chi connectivity index (χ1v) is 7.54. The van der Waals surface area contributed by atoms with Gasteiger partial charge in [0.2, 0.25) is 0 Å². The number of carbonyl (C=O) groups excluding carboxylic acids is 2. The molecule has 122 valence electrons. The maximum Gasteiger partial charge on any atom is 0.297 e. The Morgan fingerprint density at radius 3 is 2.77 bits per heavy atom. The lowest BCUT2D eigenvalue weighted by Crippen LogP contribution is -2.59. The Hall–Kier alpha value is -1.47. The van der Waals surface area contributed by atoms with E-state index in [9.17, 15) is 14.7 Å². The molecule has 7 heteroatoms. The highest BCUT2D eigenvalue weighted by molar-refractivity contribution is 6.12. The van der Waals surface area contributed by atoms with E-state index in [1.54, 1.807) is 32.6 Å². The molecule has 3 aliphatic rings. The average molecular weight is 310 g/mol. The van der Waals surface area contributed by atoms with Crippen molar-refractivity contribution in [2.24, 2.45) is 15.8 Å². The van der Waals surface area contributed by atoms with Crippen LogP contribution >= 0.6 is 0 Å². The molecule has 1 amide bonds. The van der Waals surface area contributed by atoms with Gasteiger partial charge in [-0.1, -0.05) is 20.8 Å². The number of hydrogen-bond acceptors (Lipinski definition) is 6. The molecule has 7 nitrogen and oxygen atoms in total. The fourth-order valence-electron chi connectivity index (χ4n) is 3.38. The van der Waals surface area contributed by atoms with Crippen LogP contribution in [0.25, 0.3) is 0 Å². The van der Waals surface area contributed by atoms with Crippen LogP contribution in [0.5, 0.6) is 0 Å². The highest BCUT2D eigenvalue weighted by Crippen LogP contribution is 2.39. The minimum absolute atomic E-state index is 0.144. The third kappa shape index (κ3) is 2.14. The number of hydrogen-bond donors (Lipinski definition) is 1. The van der Waals surface area contributed by atoms with Crippen molar-refractivity contribution < 1.29 is 24.2 Å². The van der Waals surface area contributed by atoms with Gasteiger partial charge < -0.3 is 14.6 Å². The standard InChI is InChI=1S/C15H22N2O5/c1-14(2,3)11(19)15(4)7-17-10-5-8(9(6-18)21-10)22-13(17)16-12(15)20/h8-10,18H,5-7H2,1-4H3. The van der Waals surface area contributed by atoms with Crippen LogP contribution in [0.4, 0.5) is 0 Å². The molecule has 22 heavy (non-hydrogen) atoms. The number of rotatable bonds is 2. The molecule has 0 spiro atoms. The van der Waals surface area contributed by atoms with Crippen molar-refractivity contribution in [3.63, 3.8) is 0 Å². The Morgan fingerprint density at radius 2 is 2.18 bits per heavy atom. The number of ketones is 1. The van der Waals surface area contributed by atoms with Crippen LogP contribution in [-0.4, -0.2) is 59.3 Å². The second-order valence-corrected chi connectivity index (χ2v) is 7.44. The SMILES string of the molecule is CC(C)(C)C(=O)C1(C)CN2C(=NC1=O)OC1CC2OC1CO. The van der Waals surface area contributed by atoms with E-state index in [4.69, 9.17) is 9.47 Å². The second kappa shape index (κ2) is 4.76. The number of amidine groups is 1. The summed E-state index contributed by atoms with van der Waals surface area (Å²) in [6.45, 7) is 7.07. The van der Waals surface area contributed by atoms with Gasteiger partial charge in [-0.25, -0.2) is 0 Å². The maximum absolute atomic E-state index is 12.7. The van der Waals surface area contributed by atoms with E-state index in [0.29, 0.717) is 6.42 Å². The van der Waals surface area contributed by atoms with Crippen LogP contribution in [0.3, 0.4) is 0 Å².